The Hall–Kier alpha value is -3.22. The van der Waals surface area contributed by atoms with Crippen molar-refractivity contribution in [1.29, 1.82) is 0 Å². The molecule has 0 spiro atoms. The number of phenols is 1. The predicted molar refractivity (Wildman–Crippen MR) is 85.6 cm³/mol. The molecule has 0 atom stereocenters. The fourth-order valence-corrected chi connectivity index (χ4v) is 2.62. The molecule has 3 rings (SSSR count). The van der Waals surface area contributed by atoms with Gasteiger partial charge in [0.15, 0.2) is 5.43 Å². The molecule has 124 valence electrons. The first-order valence-electron chi connectivity index (χ1n) is 7.00. The molecule has 0 saturated heterocycles. The van der Waals surface area contributed by atoms with Gasteiger partial charge < -0.3 is 24.1 Å². The van der Waals surface area contributed by atoms with Crippen LogP contribution in [0.1, 0.15) is 5.76 Å². The minimum atomic E-state index is -0.582. The predicted octanol–water partition coefficient (Wildman–Crippen LogP) is 2.08. The van der Waals surface area contributed by atoms with Crippen molar-refractivity contribution in [2.24, 2.45) is 0 Å². The summed E-state index contributed by atoms with van der Waals surface area (Å²) in [5, 5.41) is 21.4. The van der Waals surface area contributed by atoms with Gasteiger partial charge in [-0.15, -0.1) is 0 Å². The molecule has 7 heteroatoms. The minimum Gasteiger partial charge on any atom is -0.506 e. The summed E-state index contributed by atoms with van der Waals surface area (Å²) in [6.45, 7) is 0. The first kappa shape index (κ1) is 15.7. The van der Waals surface area contributed by atoms with Gasteiger partial charge in [-0.1, -0.05) is 0 Å². The Kier molecular flexibility index (Phi) is 3.76. The second-order valence-corrected chi connectivity index (χ2v) is 5.18. The van der Waals surface area contributed by atoms with Crippen molar-refractivity contribution in [3.63, 3.8) is 0 Å². The zero-order valence-electron chi connectivity index (χ0n) is 13.0. The van der Waals surface area contributed by atoms with E-state index < -0.39 is 17.3 Å². The van der Waals surface area contributed by atoms with Gasteiger partial charge >= 0.3 is 5.97 Å². The van der Waals surface area contributed by atoms with Gasteiger partial charge in [-0.2, -0.15) is 0 Å². The van der Waals surface area contributed by atoms with Crippen LogP contribution in [0.25, 0.3) is 21.5 Å². The van der Waals surface area contributed by atoms with Gasteiger partial charge in [0, 0.05) is 6.07 Å². The van der Waals surface area contributed by atoms with Gasteiger partial charge in [-0.05, 0) is 29.0 Å². The van der Waals surface area contributed by atoms with Crippen LogP contribution >= 0.6 is 0 Å². The Bertz CT molecular complexity index is 1020. The highest BCUT2D eigenvalue weighted by molar-refractivity contribution is 6.07. The van der Waals surface area contributed by atoms with E-state index in [0.29, 0.717) is 16.5 Å². The smallest absolute Gasteiger partial charge is 0.313 e. The fourth-order valence-electron chi connectivity index (χ4n) is 2.62. The average Bonchev–Trinajstić information content (AvgIpc) is 2.53. The number of carbonyl (C=O) groups is 1. The summed E-state index contributed by atoms with van der Waals surface area (Å²) in [5.74, 6) is -0.991. The van der Waals surface area contributed by atoms with Crippen LogP contribution in [0.15, 0.2) is 33.5 Å². The maximum atomic E-state index is 12.2. The molecule has 0 radical (unpaired) electrons. The maximum absolute atomic E-state index is 12.2. The number of hydrogen-bond acceptors (Lipinski definition) is 7. The van der Waals surface area contributed by atoms with E-state index in [1.807, 2.05) is 0 Å². The van der Waals surface area contributed by atoms with Gasteiger partial charge in [-0.3, -0.25) is 9.59 Å². The summed E-state index contributed by atoms with van der Waals surface area (Å²) in [5.41, 5.74) is -0.443. The summed E-state index contributed by atoms with van der Waals surface area (Å²) in [4.78, 5) is 23.5. The third-order valence-corrected chi connectivity index (χ3v) is 3.72. The number of phenolic OH excluding ortho intramolecular Hbond substituents is 1. The normalized spacial score (nSPS) is 10.9. The Morgan fingerprint density at radius 3 is 2.46 bits per heavy atom. The van der Waals surface area contributed by atoms with Crippen LogP contribution in [-0.2, 0) is 16.0 Å². The van der Waals surface area contributed by atoms with Crippen molar-refractivity contribution in [2.75, 3.05) is 14.2 Å². The summed E-state index contributed by atoms with van der Waals surface area (Å²) in [6.07, 6.45) is -0.177. The lowest BCUT2D eigenvalue weighted by Crippen LogP contribution is -2.04. The number of methoxy groups -OCH3 is 2. The number of ether oxygens (including phenoxy) is 2. The van der Waals surface area contributed by atoms with Crippen molar-refractivity contribution < 1.29 is 28.9 Å². The number of fused-ring (bicyclic) bond motifs is 2. The molecule has 0 aliphatic carbocycles. The topological polar surface area (TPSA) is 106 Å². The maximum Gasteiger partial charge on any atom is 0.313 e. The van der Waals surface area contributed by atoms with Gasteiger partial charge in [0.1, 0.15) is 29.1 Å². The number of esters is 1. The van der Waals surface area contributed by atoms with E-state index in [1.165, 1.54) is 26.4 Å². The van der Waals surface area contributed by atoms with E-state index in [2.05, 4.69) is 4.74 Å². The Morgan fingerprint density at radius 2 is 1.79 bits per heavy atom. The van der Waals surface area contributed by atoms with Gasteiger partial charge in [-0.25, -0.2) is 0 Å². The van der Waals surface area contributed by atoms with Crippen LogP contribution in [0, 0.1) is 0 Å². The second kappa shape index (κ2) is 5.77. The molecule has 24 heavy (non-hydrogen) atoms. The highest BCUT2D eigenvalue weighted by Gasteiger charge is 2.18. The van der Waals surface area contributed by atoms with Crippen molar-refractivity contribution in [2.45, 2.75) is 6.42 Å². The zero-order chi connectivity index (χ0) is 17.4. The third kappa shape index (κ3) is 2.50. The lowest BCUT2D eigenvalue weighted by Gasteiger charge is -2.10. The molecule has 0 saturated carbocycles. The molecule has 2 N–H and O–H groups in total. The first-order chi connectivity index (χ1) is 11.4. The van der Waals surface area contributed by atoms with Gasteiger partial charge in [0.25, 0.3) is 5.95 Å². The largest absolute Gasteiger partial charge is 0.506 e. The molecule has 0 aliphatic heterocycles. The first-order valence-corrected chi connectivity index (χ1v) is 7.00. The lowest BCUT2D eigenvalue weighted by molar-refractivity contribution is -0.140. The van der Waals surface area contributed by atoms with E-state index in [-0.39, 0.29) is 28.7 Å². The molecule has 1 heterocycles. The van der Waals surface area contributed by atoms with Gasteiger partial charge in [0.05, 0.1) is 19.6 Å². The molecule has 1 aromatic heterocycles. The molecular formula is C17H14O7. The van der Waals surface area contributed by atoms with Crippen molar-refractivity contribution >= 4 is 27.5 Å². The van der Waals surface area contributed by atoms with Crippen molar-refractivity contribution in [1.82, 2.24) is 0 Å². The van der Waals surface area contributed by atoms with Crippen LogP contribution in [0.3, 0.4) is 0 Å². The molecule has 0 fully saturated rings. The molecule has 2 aromatic carbocycles. The summed E-state index contributed by atoms with van der Waals surface area (Å²) in [6, 6.07) is 5.93. The summed E-state index contributed by atoms with van der Waals surface area (Å²) < 4.78 is 14.8. The van der Waals surface area contributed by atoms with Crippen molar-refractivity contribution in [3.05, 3.63) is 40.2 Å². The molecule has 7 nitrogen and oxygen atoms in total. The average molecular weight is 330 g/mol. The zero-order valence-corrected chi connectivity index (χ0v) is 13.0. The fraction of sp³-hybridized carbons (Fsp3) is 0.176. The molecule has 0 bridgehead atoms. The molecule has 0 unspecified atom stereocenters. The third-order valence-electron chi connectivity index (χ3n) is 3.72. The van der Waals surface area contributed by atoms with E-state index in [1.54, 1.807) is 12.1 Å². The highest BCUT2D eigenvalue weighted by atomic mass is 16.5. The number of carbonyl (C=O) groups excluding carboxylic acids is 1. The van der Waals surface area contributed by atoms with Crippen LogP contribution in [0.4, 0.5) is 0 Å². The van der Waals surface area contributed by atoms with Crippen molar-refractivity contribution in [3.8, 4) is 17.4 Å². The number of rotatable bonds is 3. The van der Waals surface area contributed by atoms with E-state index in [0.717, 1.165) is 0 Å². The van der Waals surface area contributed by atoms with E-state index in [4.69, 9.17) is 9.15 Å². The minimum absolute atomic E-state index is 0.00150. The Balaban J connectivity index is 2.33. The van der Waals surface area contributed by atoms with Crippen LogP contribution in [-0.4, -0.2) is 30.4 Å². The van der Waals surface area contributed by atoms with Crippen LogP contribution in [0.2, 0.25) is 0 Å². The monoisotopic (exact) mass is 330 g/mol. The van der Waals surface area contributed by atoms with Crippen LogP contribution in [0.5, 0.6) is 17.4 Å². The molecule has 3 aromatic rings. The molecule has 0 amide bonds. The summed E-state index contributed by atoms with van der Waals surface area (Å²) >= 11 is 0. The molecular weight excluding hydrogens is 316 g/mol. The summed E-state index contributed by atoms with van der Waals surface area (Å²) in [7, 11) is 2.67. The van der Waals surface area contributed by atoms with Gasteiger partial charge in [0.2, 0.25) is 0 Å². The number of benzene rings is 2. The SMILES string of the molecule is COC(=O)Cc1cc2cc3cc(OC)cc(=O)c3c(O)c2c(O)o1. The number of hydrogen-bond donors (Lipinski definition) is 2. The standard InChI is InChI=1S/C17H14O7/c1-22-10-4-8-3-9-5-11(7-13(19)23-2)24-17(21)15(9)16(20)14(8)12(18)6-10/h3-6,20-21H,7H2,1-2H3. The van der Waals surface area contributed by atoms with E-state index >= 15 is 0 Å². The lowest BCUT2D eigenvalue weighted by atomic mass is 10.0. The highest BCUT2D eigenvalue weighted by Crippen LogP contribution is 2.39. The second-order valence-electron chi connectivity index (χ2n) is 5.18. The molecule has 0 aliphatic rings. The number of aromatic hydroxyl groups is 2. The Labute approximate surface area is 135 Å². The Morgan fingerprint density at radius 1 is 1.08 bits per heavy atom. The van der Waals surface area contributed by atoms with Crippen LogP contribution < -0.4 is 10.2 Å². The van der Waals surface area contributed by atoms with E-state index in [9.17, 15) is 19.8 Å². The quantitative estimate of drug-likeness (QED) is 0.559.